The van der Waals surface area contributed by atoms with Crippen molar-refractivity contribution in [3.05, 3.63) is 99.7 Å². The smallest absolute Gasteiger partial charge is 0.259 e. The third-order valence-corrected chi connectivity index (χ3v) is 4.83. The molecule has 6 nitrogen and oxygen atoms in total. The quantitative estimate of drug-likeness (QED) is 0.540. The molecule has 2 amide bonds. The van der Waals surface area contributed by atoms with E-state index < -0.39 is 11.8 Å². The van der Waals surface area contributed by atoms with Crippen molar-refractivity contribution >= 4 is 28.5 Å². The lowest BCUT2D eigenvalue weighted by Crippen LogP contribution is -2.16. The van der Waals surface area contributed by atoms with Crippen molar-refractivity contribution in [3.63, 3.8) is 0 Å². The first-order chi connectivity index (χ1) is 14.5. The molecule has 0 bridgehead atoms. The fourth-order valence-corrected chi connectivity index (χ4v) is 3.30. The van der Waals surface area contributed by atoms with E-state index in [2.05, 4.69) is 5.32 Å². The molecule has 0 spiro atoms. The molecule has 1 heterocycles. The van der Waals surface area contributed by atoms with Crippen LogP contribution in [0.15, 0.2) is 82.0 Å². The van der Waals surface area contributed by atoms with Crippen LogP contribution < -0.4 is 16.5 Å². The highest BCUT2D eigenvalue weighted by Gasteiger charge is 2.18. The summed E-state index contributed by atoms with van der Waals surface area (Å²) in [6.07, 6.45) is 0. The van der Waals surface area contributed by atoms with Crippen molar-refractivity contribution in [1.29, 1.82) is 0 Å². The zero-order valence-corrected chi connectivity index (χ0v) is 16.1. The van der Waals surface area contributed by atoms with Crippen molar-refractivity contribution in [2.45, 2.75) is 6.92 Å². The van der Waals surface area contributed by atoms with Crippen molar-refractivity contribution < 1.29 is 14.0 Å². The second-order valence-electron chi connectivity index (χ2n) is 6.83. The number of carbonyl (C=O) groups excluding carboxylic acids is 2. The minimum Gasteiger partial charge on any atom is -0.455 e. The molecule has 6 heteroatoms. The summed E-state index contributed by atoms with van der Waals surface area (Å²) in [6.45, 7) is 1.70. The topological polar surface area (TPSA) is 102 Å². The fraction of sp³-hybridized carbons (Fsp3) is 0.0417. The number of carbonyl (C=O) groups is 2. The molecule has 0 saturated carbocycles. The third-order valence-electron chi connectivity index (χ3n) is 4.83. The van der Waals surface area contributed by atoms with Gasteiger partial charge in [-0.15, -0.1) is 0 Å². The lowest BCUT2D eigenvalue weighted by molar-refractivity contribution is 0.0996. The number of primary amides is 1. The Hall–Kier alpha value is -4.19. The minimum absolute atomic E-state index is 0.194. The summed E-state index contributed by atoms with van der Waals surface area (Å²) in [5, 5.41) is 3.05. The summed E-state index contributed by atoms with van der Waals surface area (Å²) in [5.74, 6) is -0.637. The van der Waals surface area contributed by atoms with Crippen molar-refractivity contribution in [2.24, 2.45) is 5.73 Å². The van der Waals surface area contributed by atoms with E-state index in [1.807, 2.05) is 30.3 Å². The highest BCUT2D eigenvalue weighted by atomic mass is 16.3. The molecular formula is C24H18N2O4. The predicted molar refractivity (Wildman–Crippen MR) is 116 cm³/mol. The first-order valence-corrected chi connectivity index (χ1v) is 9.29. The maximum atomic E-state index is 13.0. The van der Waals surface area contributed by atoms with E-state index in [0.29, 0.717) is 22.4 Å². The van der Waals surface area contributed by atoms with E-state index in [1.54, 1.807) is 43.3 Å². The van der Waals surface area contributed by atoms with Crippen molar-refractivity contribution in [1.82, 2.24) is 0 Å². The van der Waals surface area contributed by atoms with Gasteiger partial charge in [-0.3, -0.25) is 14.4 Å². The lowest BCUT2D eigenvalue weighted by Gasteiger charge is -2.11. The summed E-state index contributed by atoms with van der Waals surface area (Å²) in [7, 11) is 0. The number of fused-ring (bicyclic) bond motifs is 1. The Morgan fingerprint density at radius 1 is 0.933 bits per heavy atom. The van der Waals surface area contributed by atoms with E-state index in [0.717, 1.165) is 5.56 Å². The highest BCUT2D eigenvalue weighted by Crippen LogP contribution is 2.27. The van der Waals surface area contributed by atoms with Gasteiger partial charge in [0.25, 0.3) is 5.91 Å². The van der Waals surface area contributed by atoms with Gasteiger partial charge in [-0.25, -0.2) is 0 Å². The van der Waals surface area contributed by atoms with Gasteiger partial charge in [-0.1, -0.05) is 42.5 Å². The minimum atomic E-state index is -0.592. The summed E-state index contributed by atoms with van der Waals surface area (Å²) in [4.78, 5) is 37.3. The molecular weight excluding hydrogens is 380 g/mol. The molecule has 148 valence electrons. The second-order valence-corrected chi connectivity index (χ2v) is 6.83. The summed E-state index contributed by atoms with van der Waals surface area (Å²) in [6, 6.07) is 20.4. The molecule has 0 radical (unpaired) electrons. The van der Waals surface area contributed by atoms with Gasteiger partial charge in [-0.2, -0.15) is 0 Å². The second kappa shape index (κ2) is 7.67. The number of benzene rings is 3. The first-order valence-electron chi connectivity index (χ1n) is 9.29. The largest absolute Gasteiger partial charge is 0.455 e. The summed E-state index contributed by atoms with van der Waals surface area (Å²) < 4.78 is 6.08. The van der Waals surface area contributed by atoms with Gasteiger partial charge in [0.05, 0.1) is 10.9 Å². The molecule has 3 aromatic carbocycles. The van der Waals surface area contributed by atoms with Gasteiger partial charge < -0.3 is 15.5 Å². The lowest BCUT2D eigenvalue weighted by atomic mass is 10.0. The van der Waals surface area contributed by atoms with Crippen molar-refractivity contribution in [3.8, 4) is 11.3 Å². The summed E-state index contributed by atoms with van der Waals surface area (Å²) in [5.41, 5.74) is 7.43. The van der Waals surface area contributed by atoms with Gasteiger partial charge in [0.2, 0.25) is 5.91 Å². The number of amides is 2. The van der Waals surface area contributed by atoms with Crippen molar-refractivity contribution in [2.75, 3.05) is 5.32 Å². The molecule has 3 N–H and O–H groups in total. The maximum Gasteiger partial charge on any atom is 0.259 e. The summed E-state index contributed by atoms with van der Waals surface area (Å²) >= 11 is 0. The standard InChI is InChI=1S/C24H18N2O4/c1-14-20(27)18-11-6-12-19(22(18)30-21(14)15-7-3-2-4-8-15)24(29)26-17-10-5-9-16(13-17)23(25)28/h2-13H,1H3,(H2,25,28)(H,26,29). The monoisotopic (exact) mass is 398 g/mol. The molecule has 4 rings (SSSR count). The Balaban J connectivity index is 1.82. The Kier molecular flexibility index (Phi) is 4.90. The van der Waals surface area contributed by atoms with Gasteiger partial charge in [0.15, 0.2) is 11.0 Å². The number of anilines is 1. The molecule has 0 unspecified atom stereocenters. The van der Waals surface area contributed by atoms with E-state index >= 15 is 0 Å². The number of hydrogen-bond acceptors (Lipinski definition) is 4. The van der Waals surface area contributed by atoms with Gasteiger partial charge in [0, 0.05) is 22.4 Å². The van der Waals surface area contributed by atoms with E-state index in [4.69, 9.17) is 10.2 Å². The SMILES string of the molecule is Cc1c(-c2ccccc2)oc2c(C(=O)Nc3cccc(C(N)=O)c3)cccc2c1=O. The molecule has 30 heavy (non-hydrogen) atoms. The van der Waals surface area contributed by atoms with Crippen LogP contribution in [0.1, 0.15) is 26.3 Å². The molecule has 0 atom stereocenters. The predicted octanol–water partition coefficient (Wildman–Crippen LogP) is 4.12. The normalized spacial score (nSPS) is 10.7. The van der Waals surface area contributed by atoms with Crippen LogP contribution in [-0.2, 0) is 0 Å². The van der Waals surface area contributed by atoms with Crippen LogP contribution >= 0.6 is 0 Å². The highest BCUT2D eigenvalue weighted by molar-refractivity contribution is 6.11. The molecule has 0 saturated heterocycles. The van der Waals surface area contributed by atoms with Gasteiger partial charge >= 0.3 is 0 Å². The molecule has 0 aliphatic heterocycles. The van der Waals surface area contributed by atoms with Crippen LogP contribution in [0.25, 0.3) is 22.3 Å². The van der Waals surface area contributed by atoms with Crippen LogP contribution in [0.3, 0.4) is 0 Å². The third kappa shape index (κ3) is 3.46. The van der Waals surface area contributed by atoms with Crippen LogP contribution in [0.4, 0.5) is 5.69 Å². The number of nitrogens with two attached hydrogens (primary N) is 1. The molecule has 1 aromatic heterocycles. The Labute approximate surface area is 172 Å². The Morgan fingerprint density at radius 2 is 1.67 bits per heavy atom. The van der Waals surface area contributed by atoms with Crippen LogP contribution in [0.5, 0.6) is 0 Å². The Morgan fingerprint density at radius 3 is 2.40 bits per heavy atom. The number of hydrogen-bond donors (Lipinski definition) is 2. The zero-order chi connectivity index (χ0) is 21.3. The molecule has 4 aromatic rings. The molecule has 0 aliphatic carbocycles. The molecule has 0 aliphatic rings. The van der Waals surface area contributed by atoms with E-state index in [-0.39, 0.29) is 22.1 Å². The Bertz CT molecular complexity index is 1340. The number of para-hydroxylation sites is 1. The van der Waals surface area contributed by atoms with Gasteiger partial charge in [-0.05, 0) is 37.3 Å². The maximum absolute atomic E-state index is 13.0. The molecule has 0 fully saturated rings. The van der Waals surface area contributed by atoms with E-state index in [9.17, 15) is 14.4 Å². The zero-order valence-electron chi connectivity index (χ0n) is 16.1. The van der Waals surface area contributed by atoms with Crippen LogP contribution in [-0.4, -0.2) is 11.8 Å². The van der Waals surface area contributed by atoms with Crippen LogP contribution in [0.2, 0.25) is 0 Å². The number of rotatable bonds is 4. The van der Waals surface area contributed by atoms with E-state index in [1.165, 1.54) is 6.07 Å². The van der Waals surface area contributed by atoms with Gasteiger partial charge in [0.1, 0.15) is 5.76 Å². The van der Waals surface area contributed by atoms with Crippen LogP contribution in [0, 0.1) is 6.92 Å². The average molecular weight is 398 g/mol. The first kappa shape index (κ1) is 19.1. The average Bonchev–Trinajstić information content (AvgIpc) is 2.76. The fourth-order valence-electron chi connectivity index (χ4n) is 3.30. The number of nitrogens with one attached hydrogen (secondary N) is 1.